The van der Waals surface area contributed by atoms with Gasteiger partial charge in [-0.25, -0.2) is 4.98 Å². The van der Waals surface area contributed by atoms with Crippen molar-refractivity contribution in [2.75, 3.05) is 18.5 Å². The normalized spacial score (nSPS) is 10.5. The lowest BCUT2D eigenvalue weighted by Gasteiger charge is -2.23. The Balaban J connectivity index is 2.34. The largest absolute Gasteiger partial charge is 0.325 e. The molecule has 1 N–H and O–H groups in total. The molecular weight excluding hydrogens is 258 g/mol. The first kappa shape index (κ1) is 13.8. The van der Waals surface area contributed by atoms with E-state index >= 15 is 0 Å². The van der Waals surface area contributed by atoms with Crippen LogP contribution in [0.4, 0.5) is 11.5 Å². The summed E-state index contributed by atoms with van der Waals surface area (Å²) in [7, 11) is 1.91. The van der Waals surface area contributed by atoms with Gasteiger partial charge in [0.15, 0.2) is 5.82 Å². The maximum atomic E-state index is 6.36. The summed E-state index contributed by atoms with van der Waals surface area (Å²) in [5.41, 5.74) is 2.18. The quantitative estimate of drug-likeness (QED) is 0.903. The molecule has 4 heteroatoms. The number of hydrogen-bond donors (Lipinski definition) is 1. The number of para-hydroxylation sites is 1. The molecule has 1 heterocycles. The van der Waals surface area contributed by atoms with Gasteiger partial charge in [0, 0.05) is 25.0 Å². The fraction of sp³-hybridized carbons (Fsp3) is 0.267. The van der Waals surface area contributed by atoms with Crippen molar-refractivity contribution in [1.29, 1.82) is 0 Å². The molecule has 0 amide bonds. The van der Waals surface area contributed by atoms with Crippen molar-refractivity contribution in [2.45, 2.75) is 13.5 Å². The summed E-state index contributed by atoms with van der Waals surface area (Å²) in [6.07, 6.45) is 1.86. The van der Waals surface area contributed by atoms with E-state index in [-0.39, 0.29) is 0 Å². The maximum absolute atomic E-state index is 6.36. The van der Waals surface area contributed by atoms with Crippen LogP contribution in [-0.2, 0) is 6.54 Å². The van der Waals surface area contributed by atoms with Crippen LogP contribution < -0.4 is 10.2 Å². The highest BCUT2D eigenvalue weighted by molar-refractivity contribution is 6.33. The van der Waals surface area contributed by atoms with Crippen LogP contribution in [-0.4, -0.2) is 18.6 Å². The van der Waals surface area contributed by atoms with E-state index in [1.807, 2.05) is 37.5 Å². The van der Waals surface area contributed by atoms with Crippen molar-refractivity contribution < 1.29 is 0 Å². The SMILES string of the molecule is CCN(c1ccccc1)c1ncc(CNC)cc1Cl. The third-order valence-electron chi connectivity index (χ3n) is 2.90. The van der Waals surface area contributed by atoms with Gasteiger partial charge in [-0.1, -0.05) is 29.8 Å². The van der Waals surface area contributed by atoms with Crippen LogP contribution in [0.1, 0.15) is 12.5 Å². The molecular formula is C15H18ClN3. The van der Waals surface area contributed by atoms with E-state index < -0.39 is 0 Å². The van der Waals surface area contributed by atoms with E-state index in [4.69, 9.17) is 11.6 Å². The van der Waals surface area contributed by atoms with Gasteiger partial charge in [0.05, 0.1) is 5.02 Å². The number of rotatable bonds is 5. The van der Waals surface area contributed by atoms with Gasteiger partial charge >= 0.3 is 0 Å². The summed E-state index contributed by atoms with van der Waals surface area (Å²) < 4.78 is 0. The number of nitrogens with zero attached hydrogens (tertiary/aromatic N) is 2. The molecule has 0 unspecified atom stereocenters. The average molecular weight is 276 g/mol. The van der Waals surface area contributed by atoms with Crippen LogP contribution in [0.15, 0.2) is 42.6 Å². The van der Waals surface area contributed by atoms with Gasteiger partial charge in [0.1, 0.15) is 0 Å². The highest BCUT2D eigenvalue weighted by atomic mass is 35.5. The second kappa shape index (κ2) is 6.55. The zero-order chi connectivity index (χ0) is 13.7. The molecule has 1 aromatic heterocycles. The Kier molecular flexibility index (Phi) is 4.77. The Morgan fingerprint density at radius 3 is 2.58 bits per heavy atom. The summed E-state index contributed by atoms with van der Waals surface area (Å²) in [5.74, 6) is 0.801. The smallest absolute Gasteiger partial charge is 0.151 e. The maximum Gasteiger partial charge on any atom is 0.151 e. The predicted molar refractivity (Wildman–Crippen MR) is 81.1 cm³/mol. The molecule has 2 aromatic rings. The van der Waals surface area contributed by atoms with Crippen molar-refractivity contribution in [1.82, 2.24) is 10.3 Å². The Morgan fingerprint density at radius 2 is 2.00 bits per heavy atom. The zero-order valence-electron chi connectivity index (χ0n) is 11.2. The van der Waals surface area contributed by atoms with E-state index in [0.717, 1.165) is 30.2 Å². The van der Waals surface area contributed by atoms with E-state index in [1.54, 1.807) is 0 Å². The number of aromatic nitrogens is 1. The highest BCUT2D eigenvalue weighted by Crippen LogP contribution is 2.29. The molecule has 2 rings (SSSR count). The lowest BCUT2D eigenvalue weighted by Crippen LogP contribution is -2.18. The monoisotopic (exact) mass is 275 g/mol. The Hall–Kier alpha value is -1.58. The van der Waals surface area contributed by atoms with Gasteiger partial charge in [-0.3, -0.25) is 0 Å². The lowest BCUT2D eigenvalue weighted by molar-refractivity contribution is 0.812. The molecule has 0 saturated heterocycles. The molecule has 0 radical (unpaired) electrons. The zero-order valence-corrected chi connectivity index (χ0v) is 12.0. The number of anilines is 2. The molecule has 0 atom stereocenters. The van der Waals surface area contributed by atoms with Crippen molar-refractivity contribution in [3.05, 3.63) is 53.2 Å². The molecule has 0 aliphatic rings. The molecule has 0 bridgehead atoms. The number of benzene rings is 1. The Morgan fingerprint density at radius 1 is 1.26 bits per heavy atom. The molecule has 0 saturated carbocycles. The number of halogens is 1. The van der Waals surface area contributed by atoms with E-state index in [1.165, 1.54) is 0 Å². The van der Waals surface area contributed by atoms with Crippen molar-refractivity contribution in [2.24, 2.45) is 0 Å². The van der Waals surface area contributed by atoms with Gasteiger partial charge in [0.2, 0.25) is 0 Å². The number of pyridine rings is 1. The lowest BCUT2D eigenvalue weighted by atomic mass is 10.2. The minimum absolute atomic E-state index is 0.679. The summed E-state index contributed by atoms with van der Waals surface area (Å²) >= 11 is 6.36. The van der Waals surface area contributed by atoms with Crippen molar-refractivity contribution in [3.8, 4) is 0 Å². The summed E-state index contributed by atoms with van der Waals surface area (Å²) in [4.78, 5) is 6.60. The predicted octanol–water partition coefficient (Wildman–Crippen LogP) is 3.61. The average Bonchev–Trinajstić information content (AvgIpc) is 2.43. The molecule has 100 valence electrons. The first-order valence-corrected chi connectivity index (χ1v) is 6.75. The fourth-order valence-corrected chi connectivity index (χ4v) is 2.32. The second-order valence-electron chi connectivity index (χ2n) is 4.26. The Bertz CT molecular complexity index is 528. The van der Waals surface area contributed by atoms with Crippen LogP contribution in [0.25, 0.3) is 0 Å². The Labute approximate surface area is 119 Å². The minimum atomic E-state index is 0.679. The topological polar surface area (TPSA) is 28.2 Å². The summed E-state index contributed by atoms with van der Waals surface area (Å²) in [6.45, 7) is 3.68. The third-order valence-corrected chi connectivity index (χ3v) is 3.18. The first-order valence-electron chi connectivity index (χ1n) is 6.38. The second-order valence-corrected chi connectivity index (χ2v) is 4.67. The molecule has 1 aromatic carbocycles. The van der Waals surface area contributed by atoms with E-state index in [0.29, 0.717) is 5.02 Å². The van der Waals surface area contributed by atoms with Gasteiger partial charge in [-0.05, 0) is 37.7 Å². The van der Waals surface area contributed by atoms with Gasteiger partial charge in [-0.2, -0.15) is 0 Å². The van der Waals surface area contributed by atoms with Gasteiger partial charge < -0.3 is 10.2 Å². The third kappa shape index (κ3) is 3.25. The van der Waals surface area contributed by atoms with E-state index in [9.17, 15) is 0 Å². The van der Waals surface area contributed by atoms with Crippen LogP contribution in [0, 0.1) is 0 Å². The molecule has 0 fully saturated rings. The number of nitrogens with one attached hydrogen (secondary N) is 1. The highest BCUT2D eigenvalue weighted by Gasteiger charge is 2.12. The first-order chi connectivity index (χ1) is 9.26. The van der Waals surface area contributed by atoms with Crippen LogP contribution in [0.2, 0.25) is 5.02 Å². The fourth-order valence-electron chi connectivity index (χ4n) is 2.03. The minimum Gasteiger partial charge on any atom is -0.325 e. The molecule has 3 nitrogen and oxygen atoms in total. The number of hydrogen-bond acceptors (Lipinski definition) is 3. The van der Waals surface area contributed by atoms with Crippen molar-refractivity contribution >= 4 is 23.1 Å². The molecule has 0 aliphatic heterocycles. The van der Waals surface area contributed by atoms with Crippen LogP contribution in [0.5, 0.6) is 0 Å². The molecule has 19 heavy (non-hydrogen) atoms. The van der Waals surface area contributed by atoms with Crippen LogP contribution in [0.3, 0.4) is 0 Å². The van der Waals surface area contributed by atoms with Gasteiger partial charge in [0.25, 0.3) is 0 Å². The van der Waals surface area contributed by atoms with Gasteiger partial charge in [-0.15, -0.1) is 0 Å². The standard InChI is InChI=1S/C15H18ClN3/c1-3-19(13-7-5-4-6-8-13)15-14(16)9-12(10-17-2)11-18-15/h4-9,11,17H,3,10H2,1-2H3. The van der Waals surface area contributed by atoms with Crippen LogP contribution >= 0.6 is 11.6 Å². The molecule has 0 spiro atoms. The summed E-state index contributed by atoms with van der Waals surface area (Å²) in [6, 6.07) is 12.1. The van der Waals surface area contributed by atoms with Crippen molar-refractivity contribution in [3.63, 3.8) is 0 Å². The summed E-state index contributed by atoms with van der Waals surface area (Å²) in [5, 5.41) is 3.77. The molecule has 0 aliphatic carbocycles. The van der Waals surface area contributed by atoms with E-state index in [2.05, 4.69) is 34.3 Å².